The highest BCUT2D eigenvalue weighted by atomic mass is 35.5. The molecule has 1 aliphatic rings. The zero-order valence-electron chi connectivity index (χ0n) is 23.3. The number of hydrogen-bond donors (Lipinski definition) is 3. The second-order valence-corrected chi connectivity index (χ2v) is 12.7. The van der Waals surface area contributed by atoms with Crippen LogP contribution in [0, 0.1) is 28.4 Å². The number of carbonyl (C=O) groups excluding carboxylic acids is 1. The molecular weight excluding hydrogens is 599 g/mol. The van der Waals surface area contributed by atoms with Crippen molar-refractivity contribution < 1.29 is 27.9 Å². The molecule has 0 bridgehead atoms. The molecule has 0 unspecified atom stereocenters. The van der Waals surface area contributed by atoms with E-state index in [0.717, 1.165) is 6.07 Å². The van der Waals surface area contributed by atoms with Crippen molar-refractivity contribution in [3.63, 3.8) is 0 Å². The topological polar surface area (TPSA) is 115 Å². The minimum absolute atomic E-state index is 0.0242. The Kier molecular flexibility index (Phi) is 7.99. The third-order valence-corrected chi connectivity index (χ3v) is 8.25. The van der Waals surface area contributed by atoms with Crippen molar-refractivity contribution in [2.75, 3.05) is 5.32 Å². The van der Waals surface area contributed by atoms with E-state index in [1.807, 2.05) is 20.8 Å². The second kappa shape index (κ2) is 11.3. The third kappa shape index (κ3) is 5.58. The predicted octanol–water partition coefficient (Wildman–Crippen LogP) is 7.68. The number of fused-ring (bicyclic) bond motifs is 1. The van der Waals surface area contributed by atoms with Crippen LogP contribution in [-0.2, 0) is 10.2 Å². The van der Waals surface area contributed by atoms with Crippen LogP contribution in [0.25, 0.3) is 11.0 Å². The number of aromatic carboxylic acids is 1. The number of nitrogens with zero attached hydrogens (tertiary/aromatic N) is 1. The Morgan fingerprint density at radius 1 is 1.12 bits per heavy atom. The van der Waals surface area contributed by atoms with Crippen molar-refractivity contribution in [1.29, 1.82) is 5.26 Å². The first-order chi connectivity index (χ1) is 20.2. The third-order valence-electron chi connectivity index (χ3n) is 7.73. The number of nitrogens with one attached hydrogen (secondary N) is 2. The quantitative estimate of drug-likeness (QED) is 0.202. The highest BCUT2D eigenvalue weighted by molar-refractivity contribution is 6.31. The number of hydrogen-bond acceptors (Lipinski definition) is 5. The standard InChI is InChI=1S/C32H27Cl2F2N3O4/c1-31(2,3)14-25-32(15-37,20-9-7-17(33)13-22(20)35)26(19-5-4-6-21(34)27(19)36)28(39-25)29(40)38-18-8-10-23-16(11-18)12-24(43-23)30(41)42/h4-13,25-26,28,39H,14H2,1-3H3,(H,38,40)(H,41,42)/t25-,26-,28+,32-/m0/s1. The van der Waals surface area contributed by atoms with Gasteiger partial charge in [-0.1, -0.05) is 62.2 Å². The van der Waals surface area contributed by atoms with Gasteiger partial charge in [0.25, 0.3) is 0 Å². The number of anilines is 1. The average molecular weight is 626 g/mol. The van der Waals surface area contributed by atoms with Gasteiger partial charge in [0.2, 0.25) is 11.7 Å². The minimum Gasteiger partial charge on any atom is -0.475 e. The predicted molar refractivity (Wildman–Crippen MR) is 159 cm³/mol. The van der Waals surface area contributed by atoms with Gasteiger partial charge in [0, 0.05) is 33.6 Å². The maximum Gasteiger partial charge on any atom is 0.371 e. The Labute approximate surface area is 256 Å². The number of nitriles is 1. The summed E-state index contributed by atoms with van der Waals surface area (Å²) in [5.41, 5.74) is -1.59. The number of carboxylic acid groups (broad SMARTS) is 1. The van der Waals surface area contributed by atoms with E-state index in [4.69, 9.17) is 27.6 Å². The van der Waals surface area contributed by atoms with E-state index in [-0.39, 0.29) is 32.3 Å². The lowest BCUT2D eigenvalue weighted by Gasteiger charge is -2.37. The molecule has 0 spiro atoms. The molecule has 43 heavy (non-hydrogen) atoms. The van der Waals surface area contributed by atoms with Crippen LogP contribution in [0.2, 0.25) is 10.0 Å². The summed E-state index contributed by atoms with van der Waals surface area (Å²) in [5, 5.41) is 26.6. The van der Waals surface area contributed by atoms with Crippen LogP contribution in [-0.4, -0.2) is 29.1 Å². The summed E-state index contributed by atoms with van der Waals surface area (Å²) >= 11 is 12.3. The van der Waals surface area contributed by atoms with Gasteiger partial charge in [-0.15, -0.1) is 0 Å². The van der Waals surface area contributed by atoms with E-state index in [1.165, 1.54) is 54.6 Å². The molecule has 3 N–H and O–H groups in total. The molecule has 4 atom stereocenters. The Bertz CT molecular complexity index is 1800. The van der Waals surface area contributed by atoms with Crippen LogP contribution in [0.4, 0.5) is 14.5 Å². The van der Waals surface area contributed by atoms with E-state index in [2.05, 4.69) is 16.7 Å². The fourth-order valence-electron chi connectivity index (χ4n) is 6.00. The molecule has 1 fully saturated rings. The zero-order valence-corrected chi connectivity index (χ0v) is 24.9. The Morgan fingerprint density at radius 3 is 2.51 bits per heavy atom. The fraction of sp³-hybridized carbons (Fsp3) is 0.281. The molecule has 4 aromatic rings. The van der Waals surface area contributed by atoms with Gasteiger partial charge in [-0.3, -0.25) is 4.79 Å². The lowest BCUT2D eigenvalue weighted by atomic mass is 9.62. The minimum atomic E-state index is -1.76. The first-order valence-electron chi connectivity index (χ1n) is 13.4. The number of carboxylic acids is 1. The summed E-state index contributed by atoms with van der Waals surface area (Å²) in [5.74, 6) is -4.92. The van der Waals surface area contributed by atoms with Crippen LogP contribution in [0.3, 0.4) is 0 Å². The molecule has 0 aliphatic carbocycles. The number of benzene rings is 3. The van der Waals surface area contributed by atoms with Crippen LogP contribution in [0.15, 0.2) is 65.1 Å². The summed E-state index contributed by atoms with van der Waals surface area (Å²) in [6, 6.07) is 14.5. The largest absolute Gasteiger partial charge is 0.475 e. The first kappa shape index (κ1) is 30.5. The van der Waals surface area contributed by atoms with Gasteiger partial charge in [0.1, 0.15) is 22.6 Å². The number of rotatable bonds is 6. The van der Waals surface area contributed by atoms with E-state index in [0.29, 0.717) is 23.1 Å². The lowest BCUT2D eigenvalue weighted by molar-refractivity contribution is -0.118. The van der Waals surface area contributed by atoms with Crippen LogP contribution in [0.1, 0.15) is 54.8 Å². The molecular formula is C32H27Cl2F2N3O4. The summed E-state index contributed by atoms with van der Waals surface area (Å²) in [4.78, 5) is 25.4. The van der Waals surface area contributed by atoms with Crippen LogP contribution >= 0.6 is 23.2 Å². The molecule has 2 heterocycles. The maximum absolute atomic E-state index is 15.8. The van der Waals surface area contributed by atoms with Gasteiger partial charge in [-0.2, -0.15) is 5.26 Å². The van der Waals surface area contributed by atoms with Crippen molar-refractivity contribution in [1.82, 2.24) is 5.32 Å². The highest BCUT2D eigenvalue weighted by Crippen LogP contribution is 2.53. The monoisotopic (exact) mass is 625 g/mol. The van der Waals surface area contributed by atoms with E-state index in [9.17, 15) is 20.0 Å². The van der Waals surface area contributed by atoms with Crippen molar-refractivity contribution in [3.05, 3.63) is 99.2 Å². The molecule has 1 amide bonds. The van der Waals surface area contributed by atoms with Gasteiger partial charge in [-0.25, -0.2) is 13.6 Å². The van der Waals surface area contributed by atoms with Gasteiger partial charge >= 0.3 is 5.97 Å². The Hall–Kier alpha value is -3.97. The lowest BCUT2D eigenvalue weighted by Crippen LogP contribution is -2.45. The SMILES string of the molecule is CC(C)(C)C[C@@H]1N[C@@H](C(=O)Nc2ccc3oc(C(=O)O)cc3c2)[C@H](c2cccc(Cl)c2F)[C@@]1(C#N)c1ccc(Cl)cc1F. The maximum atomic E-state index is 15.8. The number of halogens is 4. The number of furan rings is 1. The van der Waals surface area contributed by atoms with Crippen molar-refractivity contribution in [2.45, 2.75) is 50.6 Å². The average Bonchev–Trinajstić information content (AvgIpc) is 3.49. The van der Waals surface area contributed by atoms with Gasteiger partial charge in [0.15, 0.2) is 0 Å². The summed E-state index contributed by atoms with van der Waals surface area (Å²) in [6.45, 7) is 5.84. The normalized spacial score (nSPS) is 22.0. The summed E-state index contributed by atoms with van der Waals surface area (Å²) in [6.07, 6.45) is 0.323. The van der Waals surface area contributed by atoms with Gasteiger partial charge in [-0.05, 0) is 59.9 Å². The second-order valence-electron chi connectivity index (χ2n) is 11.8. The van der Waals surface area contributed by atoms with Gasteiger partial charge < -0.3 is 20.2 Å². The van der Waals surface area contributed by atoms with E-state index in [1.54, 1.807) is 0 Å². The molecule has 11 heteroatoms. The first-order valence-corrected chi connectivity index (χ1v) is 14.2. The number of carbonyl (C=O) groups is 2. The molecule has 1 aromatic heterocycles. The van der Waals surface area contributed by atoms with E-state index >= 15 is 8.78 Å². The molecule has 0 radical (unpaired) electrons. The Balaban J connectivity index is 1.67. The van der Waals surface area contributed by atoms with Crippen LogP contribution in [0.5, 0.6) is 0 Å². The molecule has 3 aromatic carbocycles. The molecule has 222 valence electrons. The number of amides is 1. The molecule has 1 saturated heterocycles. The molecule has 5 rings (SSSR count). The zero-order chi connectivity index (χ0) is 31.3. The summed E-state index contributed by atoms with van der Waals surface area (Å²) in [7, 11) is 0. The molecule has 1 aliphatic heterocycles. The Morgan fingerprint density at radius 2 is 1.86 bits per heavy atom. The smallest absolute Gasteiger partial charge is 0.371 e. The molecule has 7 nitrogen and oxygen atoms in total. The van der Waals surface area contributed by atoms with Crippen molar-refractivity contribution >= 4 is 51.7 Å². The van der Waals surface area contributed by atoms with Crippen LogP contribution < -0.4 is 10.6 Å². The van der Waals surface area contributed by atoms with Gasteiger partial charge in [0.05, 0.1) is 17.1 Å². The highest BCUT2D eigenvalue weighted by Gasteiger charge is 2.61. The van der Waals surface area contributed by atoms with Crippen molar-refractivity contribution in [2.24, 2.45) is 5.41 Å². The molecule has 0 saturated carbocycles. The van der Waals surface area contributed by atoms with E-state index < -0.39 is 46.9 Å². The van der Waals surface area contributed by atoms with Crippen molar-refractivity contribution in [3.8, 4) is 6.07 Å². The summed E-state index contributed by atoms with van der Waals surface area (Å²) < 4.78 is 36.9. The fourth-order valence-corrected chi connectivity index (χ4v) is 6.34.